The molecule has 240 valence electrons. The van der Waals surface area contributed by atoms with Crippen molar-refractivity contribution in [2.75, 3.05) is 13.2 Å². The summed E-state index contributed by atoms with van der Waals surface area (Å²) in [5, 5.41) is 18.4. The van der Waals surface area contributed by atoms with Crippen LogP contribution in [-0.4, -0.2) is 42.0 Å². The molecule has 0 radical (unpaired) electrons. The van der Waals surface area contributed by atoms with Crippen molar-refractivity contribution < 1.29 is 95.3 Å². The largest absolute Gasteiger partial charge is 1.00 e. The zero-order valence-corrected chi connectivity index (χ0v) is 30.0. The molecule has 0 fully saturated rings. The van der Waals surface area contributed by atoms with Gasteiger partial charge in [-0.05, 0) is 47.2 Å². The van der Waals surface area contributed by atoms with E-state index in [-0.39, 0.29) is 83.0 Å². The van der Waals surface area contributed by atoms with Crippen LogP contribution in [0.3, 0.4) is 0 Å². The normalized spacial score (nSPS) is 9.57. The summed E-state index contributed by atoms with van der Waals surface area (Å²) in [6.45, 7) is 6.94. The van der Waals surface area contributed by atoms with E-state index in [9.17, 15) is 24.3 Å². The summed E-state index contributed by atoms with van der Waals surface area (Å²) >= 11 is 0. The molecule has 4 aromatic rings. The average molecular weight is 665 g/mol. The molecule has 0 aliphatic heterocycles. The number of carbonyl (C=O) groups excluding carboxylic acids is 3. The molecule has 0 unspecified atom stereocenters. The molecule has 0 spiro atoms. The Morgan fingerprint density at radius 2 is 1.09 bits per heavy atom. The predicted molar refractivity (Wildman–Crippen MR) is 172 cm³/mol. The number of ketones is 1. The summed E-state index contributed by atoms with van der Waals surface area (Å²) in [4.78, 5) is 51.6. The van der Waals surface area contributed by atoms with Crippen molar-refractivity contribution in [1.82, 2.24) is 0 Å². The van der Waals surface area contributed by atoms with Gasteiger partial charge in [0, 0.05) is 6.42 Å². The quantitative estimate of drug-likeness (QED) is 0.0435. The van der Waals surface area contributed by atoms with Gasteiger partial charge in [0.1, 0.15) is 18.2 Å². The third kappa shape index (κ3) is 17.0. The smallest absolute Gasteiger partial charge is 0.541 e. The van der Waals surface area contributed by atoms with Gasteiger partial charge in [0.2, 0.25) is 0 Å². The SMILES string of the molecule is C=C(OOCC)C(=O)[O-].CCOC(=O)CC(=O)Cc1ccc(-c2ccccc2)cc1.O=C(O)Cc1ccc(-c2ccccc2)cc1.[K+]. The third-order valence-corrected chi connectivity index (χ3v) is 6.03. The number of hydrogen-bond donors (Lipinski definition) is 1. The number of Topliss-reactive ketones (excluding diaryl/α,β-unsaturated/α-hetero) is 1. The minimum absolute atomic E-state index is 0. The minimum atomic E-state index is -1.47. The Bertz CT molecular complexity index is 1540. The summed E-state index contributed by atoms with van der Waals surface area (Å²) < 4.78 is 4.77. The van der Waals surface area contributed by atoms with E-state index in [1.165, 1.54) is 0 Å². The molecule has 0 atom stereocenters. The number of ether oxygens (including phenoxy) is 1. The van der Waals surface area contributed by atoms with Gasteiger partial charge in [0.05, 0.1) is 19.6 Å². The van der Waals surface area contributed by atoms with Crippen LogP contribution in [0.15, 0.2) is 122 Å². The maximum atomic E-state index is 11.8. The van der Waals surface area contributed by atoms with Crippen LogP contribution in [0.5, 0.6) is 0 Å². The molecule has 0 bridgehead atoms. The Balaban J connectivity index is 0.000000377. The molecule has 47 heavy (non-hydrogen) atoms. The maximum Gasteiger partial charge on any atom is 1.00 e. The molecule has 10 heteroatoms. The summed E-state index contributed by atoms with van der Waals surface area (Å²) in [7, 11) is 0. The van der Waals surface area contributed by atoms with Crippen molar-refractivity contribution in [3.05, 3.63) is 133 Å². The van der Waals surface area contributed by atoms with Crippen LogP contribution in [0.2, 0.25) is 0 Å². The Morgan fingerprint density at radius 3 is 1.47 bits per heavy atom. The predicted octanol–water partition coefficient (Wildman–Crippen LogP) is 2.62. The van der Waals surface area contributed by atoms with Gasteiger partial charge in [0.25, 0.3) is 0 Å². The standard InChI is InChI=1S/C18H18O3.C14H12O2.C5H8O4.K/c1-2-21-18(20)13-17(19)12-14-8-10-16(11-9-14)15-6-4-3-5-7-15;15-14(16)10-11-6-8-13(9-7-11)12-4-2-1-3-5-12;1-3-8-9-4(2)5(6)7;/h3-11H,2,12-13H2,1H3;1-9H,10H2,(H,15,16);2-3H2,1H3,(H,6,7);/q;;;+1/p-1. The number of rotatable bonds is 13. The summed E-state index contributed by atoms with van der Waals surface area (Å²) in [6, 6.07) is 35.5. The molecule has 0 saturated carbocycles. The first kappa shape index (κ1) is 41.1. The van der Waals surface area contributed by atoms with Crippen molar-refractivity contribution in [2.24, 2.45) is 0 Å². The van der Waals surface area contributed by atoms with Crippen LogP contribution in [0, 0.1) is 0 Å². The van der Waals surface area contributed by atoms with Crippen LogP contribution < -0.4 is 56.5 Å². The van der Waals surface area contributed by atoms with E-state index in [4.69, 9.17) is 9.84 Å². The van der Waals surface area contributed by atoms with Gasteiger partial charge < -0.3 is 24.6 Å². The van der Waals surface area contributed by atoms with Gasteiger partial charge in [-0.3, -0.25) is 14.4 Å². The number of carbonyl (C=O) groups is 4. The monoisotopic (exact) mass is 664 g/mol. The van der Waals surface area contributed by atoms with Crippen LogP contribution >= 0.6 is 0 Å². The minimum Gasteiger partial charge on any atom is -0.541 e. The van der Waals surface area contributed by atoms with E-state index < -0.39 is 23.7 Å². The number of esters is 1. The number of benzene rings is 4. The van der Waals surface area contributed by atoms with Gasteiger partial charge in [-0.15, -0.1) is 0 Å². The zero-order valence-electron chi connectivity index (χ0n) is 26.8. The second-order valence-electron chi connectivity index (χ2n) is 9.59. The molecule has 1 N–H and O–H groups in total. The second kappa shape index (κ2) is 23.4. The fraction of sp³-hybridized carbons (Fsp3) is 0.189. The second-order valence-corrected chi connectivity index (χ2v) is 9.59. The van der Waals surface area contributed by atoms with Crippen LogP contribution in [0.1, 0.15) is 31.4 Å². The maximum absolute atomic E-state index is 11.8. The Morgan fingerprint density at radius 1 is 0.660 bits per heavy atom. The van der Waals surface area contributed by atoms with Crippen LogP contribution in [0.25, 0.3) is 22.3 Å². The van der Waals surface area contributed by atoms with E-state index in [2.05, 4.69) is 16.4 Å². The number of carboxylic acids is 2. The topological polar surface area (TPSA) is 139 Å². The number of carboxylic acid groups (broad SMARTS) is 2. The molecular weight excluding hydrogens is 627 g/mol. The zero-order chi connectivity index (χ0) is 33.7. The summed E-state index contributed by atoms with van der Waals surface area (Å²) in [6.07, 6.45) is 0.178. The first-order valence-corrected chi connectivity index (χ1v) is 14.5. The van der Waals surface area contributed by atoms with Gasteiger partial charge >= 0.3 is 63.3 Å². The van der Waals surface area contributed by atoms with Crippen molar-refractivity contribution in [1.29, 1.82) is 0 Å². The molecule has 0 saturated heterocycles. The number of hydrogen-bond acceptors (Lipinski definition) is 8. The van der Waals surface area contributed by atoms with E-state index in [1.54, 1.807) is 13.8 Å². The van der Waals surface area contributed by atoms with Gasteiger partial charge in [0.15, 0.2) is 5.76 Å². The summed E-state index contributed by atoms with van der Waals surface area (Å²) in [5.41, 5.74) is 6.23. The van der Waals surface area contributed by atoms with Gasteiger partial charge in [-0.25, -0.2) is 0 Å². The fourth-order valence-corrected chi connectivity index (χ4v) is 3.89. The molecule has 4 rings (SSSR count). The summed E-state index contributed by atoms with van der Waals surface area (Å²) in [5.74, 6) is -3.36. The molecular formula is C37H37KO9. The van der Waals surface area contributed by atoms with E-state index >= 15 is 0 Å². The molecule has 9 nitrogen and oxygen atoms in total. The van der Waals surface area contributed by atoms with E-state index in [0.717, 1.165) is 33.4 Å². The van der Waals surface area contributed by atoms with Gasteiger partial charge in [-0.1, -0.05) is 116 Å². The van der Waals surface area contributed by atoms with Gasteiger partial charge in [-0.2, -0.15) is 4.89 Å². The number of aliphatic carboxylic acids is 2. The molecule has 0 heterocycles. The first-order valence-electron chi connectivity index (χ1n) is 14.5. The van der Waals surface area contributed by atoms with Crippen molar-refractivity contribution in [3.63, 3.8) is 0 Å². The van der Waals surface area contributed by atoms with Crippen molar-refractivity contribution in [3.8, 4) is 22.3 Å². The van der Waals surface area contributed by atoms with E-state index in [1.807, 2.05) is 109 Å². The van der Waals surface area contributed by atoms with Crippen LogP contribution in [-0.2, 0) is 46.5 Å². The molecule has 4 aromatic carbocycles. The Kier molecular flexibility index (Phi) is 20.5. The van der Waals surface area contributed by atoms with Crippen molar-refractivity contribution >= 4 is 23.7 Å². The molecule has 0 aliphatic carbocycles. The first-order chi connectivity index (χ1) is 22.1. The average Bonchev–Trinajstić information content (AvgIpc) is 3.05. The Labute approximate surface area is 317 Å². The fourth-order valence-electron chi connectivity index (χ4n) is 3.89. The van der Waals surface area contributed by atoms with Crippen molar-refractivity contribution in [2.45, 2.75) is 33.1 Å². The van der Waals surface area contributed by atoms with Crippen LogP contribution in [0.4, 0.5) is 0 Å². The third-order valence-electron chi connectivity index (χ3n) is 6.03. The molecule has 0 aliphatic rings. The molecule has 0 amide bonds. The van der Waals surface area contributed by atoms with E-state index in [0.29, 0.717) is 6.61 Å². The molecule has 0 aromatic heterocycles. The Hall–Kier alpha value is -3.90.